The van der Waals surface area contributed by atoms with Gasteiger partial charge in [-0.1, -0.05) is 11.9 Å². The lowest BCUT2D eigenvalue weighted by atomic mass is 10.5. The zero-order valence-electron chi connectivity index (χ0n) is 4.63. The smallest absolute Gasteiger partial charge is 0.0962 e. The van der Waals surface area contributed by atoms with Gasteiger partial charge in [0.05, 0.1) is 12.6 Å². The minimum atomic E-state index is 0.588. The maximum absolute atomic E-state index is 8.22. The molecule has 1 rings (SSSR count). The van der Waals surface area contributed by atoms with Crippen LogP contribution in [0, 0.1) is 11.3 Å². The molecule has 0 unspecified atom stereocenters. The van der Waals surface area contributed by atoms with Gasteiger partial charge in [0.25, 0.3) is 0 Å². The molecule has 0 amide bonds. The van der Waals surface area contributed by atoms with Gasteiger partial charge in [-0.25, -0.2) is 4.31 Å². The normalized spacial score (nSPS) is 20.9. The van der Waals surface area contributed by atoms with Crippen molar-refractivity contribution in [2.75, 3.05) is 18.8 Å². The van der Waals surface area contributed by atoms with Crippen molar-refractivity contribution >= 4 is 11.9 Å². The quantitative estimate of drug-likeness (QED) is 0.387. The van der Waals surface area contributed by atoms with Crippen LogP contribution in [0.25, 0.3) is 0 Å². The molecule has 3 heteroatoms. The Morgan fingerprint density at radius 2 is 2.62 bits per heavy atom. The largest absolute Gasteiger partial charge is 0.236 e. The number of rotatable bonds is 1. The molecule has 0 aromatic carbocycles. The van der Waals surface area contributed by atoms with Crippen molar-refractivity contribution in [3.05, 3.63) is 0 Å². The Morgan fingerprint density at radius 1 is 1.75 bits per heavy atom. The summed E-state index contributed by atoms with van der Waals surface area (Å²) in [5.74, 6) is 1.20. The summed E-state index contributed by atoms with van der Waals surface area (Å²) in [6.07, 6.45) is 1.24. The van der Waals surface area contributed by atoms with Gasteiger partial charge in [0, 0.05) is 12.3 Å². The summed E-state index contributed by atoms with van der Waals surface area (Å²) < 4.78 is 2.10. The number of nitriles is 1. The van der Waals surface area contributed by atoms with Gasteiger partial charge in [-0.15, -0.1) is 0 Å². The van der Waals surface area contributed by atoms with Crippen molar-refractivity contribution in [2.45, 2.75) is 6.42 Å². The fraction of sp³-hybridized carbons (Fsp3) is 0.800. The predicted octanol–water partition coefficient (Wildman–Crippen LogP) is 0.864. The van der Waals surface area contributed by atoms with Gasteiger partial charge in [0.2, 0.25) is 0 Å². The lowest BCUT2D eigenvalue weighted by molar-refractivity contribution is 0.553. The average molecular weight is 128 g/mol. The van der Waals surface area contributed by atoms with E-state index >= 15 is 0 Å². The standard InChI is InChI=1S/C5H8N2S/c6-2-4-7-3-1-5-8-7/h1,3-5H2. The molecule has 0 aliphatic carbocycles. The molecule has 1 heterocycles. The molecule has 44 valence electrons. The van der Waals surface area contributed by atoms with Crippen LogP contribution >= 0.6 is 11.9 Å². The Balaban J connectivity index is 2.17. The third-order valence-corrected chi connectivity index (χ3v) is 2.22. The van der Waals surface area contributed by atoms with Crippen molar-refractivity contribution in [1.29, 1.82) is 5.26 Å². The zero-order chi connectivity index (χ0) is 5.82. The molecule has 0 aromatic heterocycles. The van der Waals surface area contributed by atoms with E-state index in [-0.39, 0.29) is 0 Å². The first kappa shape index (κ1) is 5.93. The van der Waals surface area contributed by atoms with Gasteiger partial charge >= 0.3 is 0 Å². The molecular formula is C5H8N2S. The summed E-state index contributed by atoms with van der Waals surface area (Å²) in [5.41, 5.74) is 0. The molecule has 0 spiro atoms. The van der Waals surface area contributed by atoms with Gasteiger partial charge in [-0.3, -0.25) is 0 Å². The first-order chi connectivity index (χ1) is 3.93. The van der Waals surface area contributed by atoms with E-state index in [0.717, 1.165) is 6.54 Å². The van der Waals surface area contributed by atoms with E-state index in [9.17, 15) is 0 Å². The van der Waals surface area contributed by atoms with Crippen LogP contribution in [0.4, 0.5) is 0 Å². The van der Waals surface area contributed by atoms with E-state index < -0.39 is 0 Å². The SMILES string of the molecule is N#CCN1CCCS1. The molecule has 1 aliphatic heterocycles. The lowest BCUT2D eigenvalue weighted by Crippen LogP contribution is -2.10. The summed E-state index contributed by atoms with van der Waals surface area (Å²) in [4.78, 5) is 0. The Hall–Kier alpha value is -0.200. The molecule has 2 nitrogen and oxygen atoms in total. The van der Waals surface area contributed by atoms with Crippen molar-refractivity contribution in [3.63, 3.8) is 0 Å². The molecule has 1 saturated heterocycles. The Kier molecular flexibility index (Phi) is 2.19. The molecular weight excluding hydrogens is 120 g/mol. The van der Waals surface area contributed by atoms with Crippen LogP contribution in [0.1, 0.15) is 6.42 Å². The predicted molar refractivity (Wildman–Crippen MR) is 34.3 cm³/mol. The second kappa shape index (κ2) is 2.95. The van der Waals surface area contributed by atoms with Crippen LogP contribution in [0.5, 0.6) is 0 Å². The summed E-state index contributed by atoms with van der Waals surface area (Å²) in [6, 6.07) is 2.11. The summed E-state index contributed by atoms with van der Waals surface area (Å²) in [7, 11) is 0. The highest BCUT2D eigenvalue weighted by molar-refractivity contribution is 7.97. The van der Waals surface area contributed by atoms with E-state index in [4.69, 9.17) is 5.26 Å². The van der Waals surface area contributed by atoms with Gasteiger partial charge in [0.15, 0.2) is 0 Å². The highest BCUT2D eigenvalue weighted by Gasteiger charge is 2.10. The first-order valence-corrected chi connectivity index (χ1v) is 3.62. The van der Waals surface area contributed by atoms with E-state index in [1.807, 2.05) is 0 Å². The van der Waals surface area contributed by atoms with Crippen molar-refractivity contribution in [2.24, 2.45) is 0 Å². The minimum Gasteiger partial charge on any atom is -0.236 e. The molecule has 0 radical (unpaired) electrons. The molecule has 0 atom stereocenters. The van der Waals surface area contributed by atoms with Crippen molar-refractivity contribution in [1.82, 2.24) is 4.31 Å². The van der Waals surface area contributed by atoms with Crippen LogP contribution in [-0.2, 0) is 0 Å². The number of hydrogen-bond donors (Lipinski definition) is 0. The highest BCUT2D eigenvalue weighted by atomic mass is 32.2. The topological polar surface area (TPSA) is 27.0 Å². The van der Waals surface area contributed by atoms with Gasteiger partial charge in [0.1, 0.15) is 0 Å². The molecule has 0 N–H and O–H groups in total. The monoisotopic (exact) mass is 128 g/mol. The van der Waals surface area contributed by atoms with E-state index in [0.29, 0.717) is 6.54 Å². The summed E-state index contributed by atoms with van der Waals surface area (Å²) in [5, 5.41) is 8.22. The number of nitrogens with zero attached hydrogens (tertiary/aromatic N) is 2. The maximum atomic E-state index is 8.22. The maximum Gasteiger partial charge on any atom is 0.0962 e. The number of hydrogen-bond acceptors (Lipinski definition) is 3. The first-order valence-electron chi connectivity index (χ1n) is 2.68. The molecule has 0 aromatic rings. The Bertz CT molecular complexity index is 101. The van der Waals surface area contributed by atoms with Crippen molar-refractivity contribution < 1.29 is 0 Å². The minimum absolute atomic E-state index is 0.588. The average Bonchev–Trinajstić information content (AvgIpc) is 2.19. The van der Waals surface area contributed by atoms with E-state index in [1.54, 1.807) is 11.9 Å². The molecule has 8 heavy (non-hydrogen) atoms. The van der Waals surface area contributed by atoms with Crippen LogP contribution in [-0.4, -0.2) is 23.1 Å². The second-order valence-corrected chi connectivity index (χ2v) is 2.89. The third kappa shape index (κ3) is 1.39. The van der Waals surface area contributed by atoms with Gasteiger partial charge in [-0.2, -0.15) is 5.26 Å². The van der Waals surface area contributed by atoms with Crippen LogP contribution in [0.15, 0.2) is 0 Å². The highest BCUT2D eigenvalue weighted by Crippen LogP contribution is 2.17. The fourth-order valence-corrected chi connectivity index (χ4v) is 1.63. The van der Waals surface area contributed by atoms with E-state index in [1.165, 1.54) is 12.2 Å². The zero-order valence-corrected chi connectivity index (χ0v) is 5.45. The molecule has 0 saturated carbocycles. The van der Waals surface area contributed by atoms with Crippen molar-refractivity contribution in [3.8, 4) is 6.07 Å². The van der Waals surface area contributed by atoms with Gasteiger partial charge in [-0.05, 0) is 6.42 Å². The molecule has 1 fully saturated rings. The fourth-order valence-electron chi connectivity index (χ4n) is 0.703. The van der Waals surface area contributed by atoms with Gasteiger partial charge < -0.3 is 0 Å². The second-order valence-electron chi connectivity index (χ2n) is 1.71. The third-order valence-electron chi connectivity index (χ3n) is 1.07. The van der Waals surface area contributed by atoms with Crippen LogP contribution < -0.4 is 0 Å². The Labute approximate surface area is 53.6 Å². The Morgan fingerprint density at radius 3 is 3.12 bits per heavy atom. The lowest BCUT2D eigenvalue weighted by Gasteiger charge is -2.04. The summed E-state index contributed by atoms with van der Waals surface area (Å²) in [6.45, 7) is 1.68. The van der Waals surface area contributed by atoms with Crippen LogP contribution in [0.3, 0.4) is 0 Å². The van der Waals surface area contributed by atoms with E-state index in [2.05, 4.69) is 10.4 Å². The van der Waals surface area contributed by atoms with Crippen LogP contribution in [0.2, 0.25) is 0 Å². The summed E-state index contributed by atoms with van der Waals surface area (Å²) >= 11 is 1.78. The molecule has 1 aliphatic rings. The molecule has 0 bridgehead atoms.